The first-order valence-corrected chi connectivity index (χ1v) is 7.55. The Morgan fingerprint density at radius 3 is 2.67 bits per heavy atom. The lowest BCUT2D eigenvalue weighted by Crippen LogP contribution is -2.40. The molecule has 2 rings (SSSR count). The third-order valence-corrected chi connectivity index (χ3v) is 4.27. The van der Waals surface area contributed by atoms with E-state index in [0.717, 1.165) is 32.4 Å². The molecule has 2 fully saturated rings. The summed E-state index contributed by atoms with van der Waals surface area (Å²) in [7, 11) is 1.76. The van der Waals surface area contributed by atoms with E-state index in [4.69, 9.17) is 4.74 Å². The summed E-state index contributed by atoms with van der Waals surface area (Å²) in [6, 6.07) is 0.570. The summed E-state index contributed by atoms with van der Waals surface area (Å²) in [5, 5.41) is 0. The third kappa shape index (κ3) is 3.47. The van der Waals surface area contributed by atoms with Gasteiger partial charge in [0.2, 0.25) is 5.91 Å². The summed E-state index contributed by atoms with van der Waals surface area (Å²) in [4.78, 5) is 14.8. The van der Waals surface area contributed by atoms with Gasteiger partial charge in [-0.05, 0) is 44.4 Å². The molecule has 2 unspecified atom stereocenters. The highest BCUT2D eigenvalue weighted by molar-refractivity contribution is 5.79. The normalized spacial score (nSPS) is 28.1. The van der Waals surface area contributed by atoms with Crippen LogP contribution in [0.1, 0.15) is 51.9 Å². The molecule has 0 aromatic rings. The van der Waals surface area contributed by atoms with Gasteiger partial charge < -0.3 is 9.64 Å². The molecule has 0 spiro atoms. The molecular weight excluding hydrogens is 226 g/mol. The van der Waals surface area contributed by atoms with Gasteiger partial charge in [0.1, 0.15) is 0 Å². The molecule has 18 heavy (non-hydrogen) atoms. The van der Waals surface area contributed by atoms with E-state index in [-0.39, 0.29) is 5.92 Å². The molecule has 0 saturated heterocycles. The maximum atomic E-state index is 12.6. The van der Waals surface area contributed by atoms with Crippen molar-refractivity contribution in [1.82, 2.24) is 4.90 Å². The van der Waals surface area contributed by atoms with E-state index < -0.39 is 0 Å². The predicted octanol–water partition coefficient (Wildman–Crippen LogP) is 2.84. The van der Waals surface area contributed by atoms with E-state index in [1.165, 1.54) is 25.7 Å². The highest BCUT2D eigenvalue weighted by Gasteiger charge is 2.36. The number of nitrogens with zero attached hydrogens (tertiary/aromatic N) is 1. The van der Waals surface area contributed by atoms with Crippen molar-refractivity contribution in [3.8, 4) is 0 Å². The van der Waals surface area contributed by atoms with E-state index in [0.29, 0.717) is 17.9 Å². The Morgan fingerprint density at radius 2 is 2.06 bits per heavy atom. The Bertz CT molecular complexity index is 274. The molecule has 2 aliphatic carbocycles. The van der Waals surface area contributed by atoms with Crippen molar-refractivity contribution in [2.75, 3.05) is 20.3 Å². The van der Waals surface area contributed by atoms with Crippen LogP contribution in [0, 0.1) is 11.8 Å². The molecule has 3 nitrogen and oxygen atoms in total. The topological polar surface area (TPSA) is 29.5 Å². The van der Waals surface area contributed by atoms with Crippen LogP contribution in [0.25, 0.3) is 0 Å². The van der Waals surface area contributed by atoms with Gasteiger partial charge in [-0.3, -0.25) is 4.79 Å². The maximum absolute atomic E-state index is 12.6. The molecule has 0 heterocycles. The molecule has 3 heteroatoms. The number of amides is 1. The SMILES string of the molecule is CCCN(C(=O)C1CCCC(COC)C1)C1CC1. The predicted molar refractivity (Wildman–Crippen MR) is 72.4 cm³/mol. The van der Waals surface area contributed by atoms with Gasteiger partial charge in [-0.1, -0.05) is 13.3 Å². The monoisotopic (exact) mass is 253 g/mol. The number of hydrogen-bond acceptors (Lipinski definition) is 2. The van der Waals surface area contributed by atoms with E-state index in [9.17, 15) is 4.79 Å². The van der Waals surface area contributed by atoms with Crippen molar-refractivity contribution >= 4 is 5.91 Å². The zero-order valence-corrected chi connectivity index (χ0v) is 11.9. The second-order valence-electron chi connectivity index (χ2n) is 5.95. The molecule has 0 aromatic heterocycles. The number of methoxy groups -OCH3 is 1. The molecule has 0 aliphatic heterocycles. The van der Waals surface area contributed by atoms with Crippen LogP contribution < -0.4 is 0 Å². The number of carbonyl (C=O) groups excluding carboxylic acids is 1. The van der Waals surface area contributed by atoms with Gasteiger partial charge in [0, 0.05) is 32.2 Å². The fourth-order valence-corrected chi connectivity index (χ4v) is 3.24. The maximum Gasteiger partial charge on any atom is 0.225 e. The van der Waals surface area contributed by atoms with E-state index in [2.05, 4.69) is 11.8 Å². The highest BCUT2D eigenvalue weighted by Crippen LogP contribution is 2.34. The van der Waals surface area contributed by atoms with Gasteiger partial charge in [-0.25, -0.2) is 0 Å². The van der Waals surface area contributed by atoms with Crippen LogP contribution >= 0.6 is 0 Å². The van der Waals surface area contributed by atoms with Gasteiger partial charge in [0.15, 0.2) is 0 Å². The molecule has 104 valence electrons. The van der Waals surface area contributed by atoms with Crippen molar-refractivity contribution in [3.05, 3.63) is 0 Å². The van der Waals surface area contributed by atoms with Crippen LogP contribution in [0.15, 0.2) is 0 Å². The van der Waals surface area contributed by atoms with E-state index in [1.807, 2.05) is 0 Å². The van der Waals surface area contributed by atoms with Gasteiger partial charge in [0.25, 0.3) is 0 Å². The zero-order chi connectivity index (χ0) is 13.0. The van der Waals surface area contributed by atoms with E-state index in [1.54, 1.807) is 7.11 Å². The lowest BCUT2D eigenvalue weighted by Gasteiger charge is -2.32. The van der Waals surface area contributed by atoms with E-state index >= 15 is 0 Å². The minimum atomic E-state index is 0.269. The molecule has 0 aromatic carbocycles. The molecular formula is C15H27NO2. The number of carbonyl (C=O) groups is 1. The Balaban J connectivity index is 1.89. The Morgan fingerprint density at radius 1 is 1.28 bits per heavy atom. The molecule has 2 atom stereocenters. The van der Waals surface area contributed by atoms with Gasteiger partial charge >= 0.3 is 0 Å². The number of ether oxygens (including phenoxy) is 1. The van der Waals surface area contributed by atoms with Crippen LogP contribution in [0.5, 0.6) is 0 Å². The average Bonchev–Trinajstić information content (AvgIpc) is 3.20. The van der Waals surface area contributed by atoms with Crippen LogP contribution in [0.2, 0.25) is 0 Å². The highest BCUT2D eigenvalue weighted by atomic mass is 16.5. The fraction of sp³-hybridized carbons (Fsp3) is 0.933. The summed E-state index contributed by atoms with van der Waals surface area (Å²) in [5.41, 5.74) is 0. The first kappa shape index (κ1) is 13.9. The standard InChI is InChI=1S/C15H27NO2/c1-3-9-16(14-7-8-14)15(17)13-6-4-5-12(10-13)11-18-2/h12-14H,3-11H2,1-2H3. The first-order valence-electron chi connectivity index (χ1n) is 7.55. The van der Waals surface area contributed by atoms with Crippen LogP contribution in [0.4, 0.5) is 0 Å². The summed E-state index contributed by atoms with van der Waals surface area (Å²) >= 11 is 0. The second-order valence-corrected chi connectivity index (χ2v) is 5.95. The second kappa shape index (κ2) is 6.55. The van der Waals surface area contributed by atoms with Crippen LogP contribution in [0.3, 0.4) is 0 Å². The van der Waals surface area contributed by atoms with Gasteiger partial charge in [-0.2, -0.15) is 0 Å². The molecule has 2 aliphatic rings. The fourth-order valence-electron chi connectivity index (χ4n) is 3.24. The zero-order valence-electron chi connectivity index (χ0n) is 11.9. The summed E-state index contributed by atoms with van der Waals surface area (Å²) < 4.78 is 5.25. The quantitative estimate of drug-likeness (QED) is 0.728. The van der Waals surface area contributed by atoms with Crippen LogP contribution in [-0.4, -0.2) is 37.1 Å². The van der Waals surface area contributed by atoms with Crippen molar-refractivity contribution < 1.29 is 9.53 Å². The molecule has 0 N–H and O–H groups in total. The summed E-state index contributed by atoms with van der Waals surface area (Å²) in [6.45, 7) is 3.94. The summed E-state index contributed by atoms with van der Waals surface area (Å²) in [5.74, 6) is 1.30. The minimum absolute atomic E-state index is 0.269. The number of rotatable bonds is 6. The average molecular weight is 253 g/mol. The minimum Gasteiger partial charge on any atom is -0.384 e. The third-order valence-electron chi connectivity index (χ3n) is 4.27. The molecule has 0 radical (unpaired) electrons. The Labute approximate surface area is 111 Å². The van der Waals surface area contributed by atoms with Crippen molar-refractivity contribution in [1.29, 1.82) is 0 Å². The summed E-state index contributed by atoms with van der Waals surface area (Å²) in [6.07, 6.45) is 8.08. The lowest BCUT2D eigenvalue weighted by molar-refractivity contribution is -0.138. The molecule has 0 bridgehead atoms. The lowest BCUT2D eigenvalue weighted by atomic mass is 9.81. The Kier molecular flexibility index (Phi) is 5.04. The smallest absolute Gasteiger partial charge is 0.225 e. The molecule has 1 amide bonds. The first-order chi connectivity index (χ1) is 8.76. The van der Waals surface area contributed by atoms with Gasteiger partial charge in [-0.15, -0.1) is 0 Å². The van der Waals surface area contributed by atoms with Crippen molar-refractivity contribution in [2.45, 2.75) is 57.9 Å². The van der Waals surface area contributed by atoms with Gasteiger partial charge in [0.05, 0.1) is 0 Å². The number of hydrogen-bond donors (Lipinski definition) is 0. The van der Waals surface area contributed by atoms with Crippen molar-refractivity contribution in [2.24, 2.45) is 11.8 Å². The van der Waals surface area contributed by atoms with Crippen LogP contribution in [-0.2, 0) is 9.53 Å². The molecule has 2 saturated carbocycles. The Hall–Kier alpha value is -0.570. The largest absolute Gasteiger partial charge is 0.384 e. The van der Waals surface area contributed by atoms with Crippen molar-refractivity contribution in [3.63, 3.8) is 0 Å².